The van der Waals surface area contributed by atoms with Crippen LogP contribution in [0.25, 0.3) is 10.2 Å². The summed E-state index contributed by atoms with van der Waals surface area (Å²) in [6.07, 6.45) is -0.696. The Hall–Kier alpha value is -2.72. The molecule has 130 valence electrons. The monoisotopic (exact) mass is 379 g/mol. The Morgan fingerprint density at radius 3 is 2.76 bits per heavy atom. The summed E-state index contributed by atoms with van der Waals surface area (Å²) in [5, 5.41) is 8.56. The molecule has 10 heteroatoms. The van der Waals surface area contributed by atoms with Gasteiger partial charge in [-0.1, -0.05) is 6.07 Å². The summed E-state index contributed by atoms with van der Waals surface area (Å²) in [6, 6.07) is 4.91. The number of thiophene rings is 2. The van der Waals surface area contributed by atoms with Crippen molar-refractivity contribution < 1.29 is 23.9 Å². The summed E-state index contributed by atoms with van der Waals surface area (Å²) in [5.74, 6) is -0.702. The first-order valence-electron chi connectivity index (χ1n) is 7.18. The van der Waals surface area contributed by atoms with Gasteiger partial charge in [-0.25, -0.2) is 9.59 Å². The second kappa shape index (κ2) is 7.03. The lowest BCUT2D eigenvalue weighted by atomic mass is 10.4. The van der Waals surface area contributed by atoms with Gasteiger partial charge in [-0.2, -0.15) is 4.68 Å². The van der Waals surface area contributed by atoms with Crippen molar-refractivity contribution in [3.63, 3.8) is 0 Å². The topological polar surface area (TPSA) is 99.5 Å². The van der Waals surface area contributed by atoms with Gasteiger partial charge in [-0.15, -0.1) is 27.8 Å². The van der Waals surface area contributed by atoms with Crippen LogP contribution in [0.15, 0.2) is 23.6 Å². The molecule has 0 fully saturated rings. The number of hydrogen-bond acceptors (Lipinski definition) is 8. The lowest BCUT2D eigenvalue weighted by Gasteiger charge is -2.02. The largest absolute Gasteiger partial charge is 0.465 e. The van der Waals surface area contributed by atoms with Crippen molar-refractivity contribution in [2.75, 3.05) is 19.0 Å². The van der Waals surface area contributed by atoms with E-state index in [-0.39, 0.29) is 18.3 Å². The van der Waals surface area contributed by atoms with Gasteiger partial charge in [0.1, 0.15) is 4.88 Å². The molecule has 0 spiro atoms. The van der Waals surface area contributed by atoms with E-state index in [0.29, 0.717) is 20.0 Å². The van der Waals surface area contributed by atoms with Crippen molar-refractivity contribution in [1.82, 2.24) is 9.78 Å². The van der Waals surface area contributed by atoms with Crippen molar-refractivity contribution in [2.24, 2.45) is 0 Å². The molecular formula is C15H13N3O5S2. The molecule has 0 aliphatic rings. The van der Waals surface area contributed by atoms with Crippen molar-refractivity contribution in [3.05, 3.63) is 33.3 Å². The molecule has 8 nitrogen and oxygen atoms in total. The van der Waals surface area contributed by atoms with Crippen LogP contribution in [0.5, 0.6) is 0 Å². The average Bonchev–Trinajstić information content (AvgIpc) is 3.31. The number of carbonyl (C=O) groups excluding carboxylic acids is 3. The number of amides is 1. The minimum atomic E-state index is -0.696. The van der Waals surface area contributed by atoms with E-state index in [1.165, 1.54) is 24.5 Å². The Labute approximate surface area is 150 Å². The number of methoxy groups -OCH3 is 1. The highest BCUT2D eigenvalue weighted by Gasteiger charge is 2.23. The molecule has 1 N–H and O–H groups in total. The molecule has 0 aromatic carbocycles. The summed E-state index contributed by atoms with van der Waals surface area (Å²) >= 11 is 2.36. The van der Waals surface area contributed by atoms with Gasteiger partial charge in [-0.05, 0) is 24.4 Å². The third-order valence-corrected chi connectivity index (χ3v) is 5.14. The zero-order valence-electron chi connectivity index (χ0n) is 13.3. The molecule has 3 rings (SSSR count). The van der Waals surface area contributed by atoms with Crippen molar-refractivity contribution in [1.29, 1.82) is 0 Å². The van der Waals surface area contributed by atoms with E-state index in [1.807, 2.05) is 0 Å². The number of ether oxygens (including phenoxy) is 2. The Morgan fingerprint density at radius 2 is 2.12 bits per heavy atom. The molecule has 3 aromatic heterocycles. The Morgan fingerprint density at radius 1 is 1.32 bits per heavy atom. The van der Waals surface area contributed by atoms with Crippen LogP contribution in [0, 0.1) is 0 Å². The first-order valence-corrected chi connectivity index (χ1v) is 8.87. The van der Waals surface area contributed by atoms with Crippen LogP contribution in [-0.4, -0.2) is 41.5 Å². The molecule has 0 bridgehead atoms. The molecule has 0 aliphatic heterocycles. The summed E-state index contributed by atoms with van der Waals surface area (Å²) in [7, 11) is 1.27. The highest BCUT2D eigenvalue weighted by Crippen LogP contribution is 2.33. The van der Waals surface area contributed by atoms with E-state index in [4.69, 9.17) is 9.47 Å². The van der Waals surface area contributed by atoms with E-state index in [1.54, 1.807) is 24.4 Å². The van der Waals surface area contributed by atoms with E-state index in [0.717, 1.165) is 16.0 Å². The number of nitrogens with zero attached hydrogens (tertiary/aromatic N) is 2. The smallest absolute Gasteiger partial charge is 0.435 e. The SMILES string of the molecule is CCOC(=O)n1nc(NC(=O)c2cccs2)c2sc(C(=O)OC)cc21. The van der Waals surface area contributed by atoms with Crippen molar-refractivity contribution in [2.45, 2.75) is 6.92 Å². The number of hydrogen-bond donors (Lipinski definition) is 1. The zero-order chi connectivity index (χ0) is 18.0. The van der Waals surface area contributed by atoms with Gasteiger partial charge in [0, 0.05) is 0 Å². The minimum Gasteiger partial charge on any atom is -0.465 e. The van der Waals surface area contributed by atoms with Gasteiger partial charge in [-0.3, -0.25) is 4.79 Å². The summed E-state index contributed by atoms with van der Waals surface area (Å²) in [5.41, 5.74) is 0.366. The summed E-state index contributed by atoms with van der Waals surface area (Å²) < 4.78 is 11.2. The molecule has 0 unspecified atom stereocenters. The number of anilines is 1. The maximum absolute atomic E-state index is 12.3. The van der Waals surface area contributed by atoms with Crippen LogP contribution < -0.4 is 5.32 Å². The van der Waals surface area contributed by atoms with Crippen LogP contribution in [-0.2, 0) is 9.47 Å². The lowest BCUT2D eigenvalue weighted by molar-refractivity contribution is 0.0606. The third-order valence-electron chi connectivity index (χ3n) is 3.16. The van der Waals surface area contributed by atoms with E-state index in [9.17, 15) is 14.4 Å². The van der Waals surface area contributed by atoms with Crippen LogP contribution >= 0.6 is 22.7 Å². The molecule has 0 atom stereocenters. The summed E-state index contributed by atoms with van der Waals surface area (Å²) in [4.78, 5) is 36.9. The highest BCUT2D eigenvalue weighted by atomic mass is 32.1. The highest BCUT2D eigenvalue weighted by molar-refractivity contribution is 7.21. The molecule has 25 heavy (non-hydrogen) atoms. The second-order valence-corrected chi connectivity index (χ2v) is 6.71. The first-order chi connectivity index (χ1) is 12.0. The molecule has 3 aromatic rings. The Kier molecular flexibility index (Phi) is 4.81. The molecule has 1 amide bonds. The zero-order valence-corrected chi connectivity index (χ0v) is 14.9. The van der Waals surface area contributed by atoms with Crippen LogP contribution in [0.1, 0.15) is 26.3 Å². The molecule has 0 saturated carbocycles. The number of nitrogens with one attached hydrogen (secondary N) is 1. The maximum Gasteiger partial charge on any atom is 0.435 e. The van der Waals surface area contributed by atoms with Gasteiger partial charge in [0.2, 0.25) is 0 Å². The van der Waals surface area contributed by atoms with Crippen LogP contribution in [0.4, 0.5) is 10.6 Å². The van der Waals surface area contributed by atoms with E-state index < -0.39 is 12.1 Å². The predicted octanol–water partition coefficient (Wildman–Crippen LogP) is 3.20. The quantitative estimate of drug-likeness (QED) is 0.699. The second-order valence-electron chi connectivity index (χ2n) is 4.71. The fourth-order valence-electron chi connectivity index (χ4n) is 2.09. The summed E-state index contributed by atoms with van der Waals surface area (Å²) in [6.45, 7) is 1.84. The third kappa shape index (κ3) is 3.26. The molecular weight excluding hydrogens is 366 g/mol. The van der Waals surface area contributed by atoms with Crippen molar-refractivity contribution in [3.8, 4) is 0 Å². The molecule has 0 saturated heterocycles. The van der Waals surface area contributed by atoms with E-state index >= 15 is 0 Å². The average molecular weight is 379 g/mol. The Balaban J connectivity index is 2.04. The van der Waals surface area contributed by atoms with Crippen molar-refractivity contribution >= 4 is 56.7 Å². The lowest BCUT2D eigenvalue weighted by Crippen LogP contribution is -2.16. The molecule has 0 radical (unpaired) electrons. The number of esters is 1. The standard InChI is InChI=1S/C15H13N3O5S2/c1-3-23-15(21)18-8-7-10(14(20)22-2)25-11(8)12(17-18)16-13(19)9-5-4-6-24-9/h4-7H,3H2,1-2H3,(H,16,17,19). The normalized spacial score (nSPS) is 10.6. The molecule has 0 aliphatic carbocycles. The fraction of sp³-hybridized carbons (Fsp3) is 0.200. The number of rotatable bonds is 4. The van der Waals surface area contributed by atoms with Gasteiger partial charge < -0.3 is 14.8 Å². The van der Waals surface area contributed by atoms with E-state index in [2.05, 4.69) is 10.4 Å². The molecule has 3 heterocycles. The number of carbonyl (C=O) groups is 3. The minimum absolute atomic E-state index is 0.172. The van der Waals surface area contributed by atoms with Crippen LogP contribution in [0.3, 0.4) is 0 Å². The van der Waals surface area contributed by atoms with Crippen LogP contribution in [0.2, 0.25) is 0 Å². The number of fused-ring (bicyclic) bond motifs is 1. The van der Waals surface area contributed by atoms with Gasteiger partial charge in [0.05, 0.1) is 28.8 Å². The Bertz CT molecular complexity index is 942. The van der Waals surface area contributed by atoms with Gasteiger partial charge >= 0.3 is 12.1 Å². The predicted molar refractivity (Wildman–Crippen MR) is 93.6 cm³/mol. The van der Waals surface area contributed by atoms with Gasteiger partial charge in [0.25, 0.3) is 5.91 Å². The first kappa shape index (κ1) is 17.1. The fourth-order valence-corrected chi connectivity index (χ4v) is 3.71. The van der Waals surface area contributed by atoms with Gasteiger partial charge in [0.15, 0.2) is 5.82 Å². The maximum atomic E-state index is 12.3. The number of aromatic nitrogens is 2.